The quantitative estimate of drug-likeness (QED) is 0.506. The Kier molecular flexibility index (Phi) is 7.91. The van der Waals surface area contributed by atoms with E-state index in [1.807, 2.05) is 33.7 Å². The van der Waals surface area contributed by atoms with Gasteiger partial charge in [0.15, 0.2) is 0 Å². The molecule has 0 atom stereocenters. The second kappa shape index (κ2) is 10.6. The molecule has 0 aliphatic rings. The number of hydrogen-bond acceptors (Lipinski definition) is 3. The third kappa shape index (κ3) is 6.10. The zero-order chi connectivity index (χ0) is 23.3. The van der Waals surface area contributed by atoms with Crippen molar-refractivity contribution >= 4 is 34.4 Å². The van der Waals surface area contributed by atoms with Gasteiger partial charge in [0.05, 0.1) is 17.6 Å². The van der Waals surface area contributed by atoms with Gasteiger partial charge in [-0.3, -0.25) is 9.59 Å². The Labute approximate surface area is 194 Å². The first kappa shape index (κ1) is 23.8. The second-order valence-electron chi connectivity index (χ2n) is 8.88. The molecule has 1 heterocycles. The molecule has 170 valence electrons. The van der Waals surface area contributed by atoms with Gasteiger partial charge >= 0.3 is 0 Å². The highest BCUT2D eigenvalue weighted by Gasteiger charge is 2.20. The highest BCUT2D eigenvalue weighted by molar-refractivity contribution is 6.30. The van der Waals surface area contributed by atoms with Crippen LogP contribution in [0.3, 0.4) is 0 Å². The van der Waals surface area contributed by atoms with Crippen molar-refractivity contribution in [2.45, 2.75) is 40.8 Å². The number of imidazole rings is 1. The second-order valence-corrected chi connectivity index (χ2v) is 9.32. The Hall–Kier alpha value is -2.86. The lowest BCUT2D eigenvalue weighted by molar-refractivity contribution is -0.132. The lowest BCUT2D eigenvalue weighted by atomic mass is 10.1. The Morgan fingerprint density at radius 2 is 1.72 bits per heavy atom. The van der Waals surface area contributed by atoms with E-state index in [2.05, 4.69) is 38.0 Å². The average Bonchev–Trinajstić information content (AvgIpc) is 3.08. The van der Waals surface area contributed by atoms with Gasteiger partial charge in [0.2, 0.25) is 5.91 Å². The Morgan fingerprint density at radius 3 is 2.38 bits per heavy atom. The van der Waals surface area contributed by atoms with Gasteiger partial charge in [-0.15, -0.1) is 0 Å². The SMILES string of the molecule is CC(C)CN(CC(C)C)C(=O)Cn1c(CNC(=O)c2cccc(Cl)c2)nc2ccccc21. The summed E-state index contributed by atoms with van der Waals surface area (Å²) in [7, 11) is 0. The van der Waals surface area contributed by atoms with Gasteiger partial charge in [-0.1, -0.05) is 57.5 Å². The zero-order valence-corrected chi connectivity index (χ0v) is 19.9. The molecule has 2 amide bonds. The minimum atomic E-state index is -0.237. The van der Waals surface area contributed by atoms with Gasteiger partial charge in [0.1, 0.15) is 12.4 Å². The summed E-state index contributed by atoms with van der Waals surface area (Å²) >= 11 is 6.00. The summed E-state index contributed by atoms with van der Waals surface area (Å²) in [6.45, 7) is 10.3. The molecule has 3 aromatic rings. The summed E-state index contributed by atoms with van der Waals surface area (Å²) in [6.07, 6.45) is 0. The predicted octanol–water partition coefficient (Wildman–Crippen LogP) is 4.76. The molecule has 1 N–H and O–H groups in total. The molecule has 0 fully saturated rings. The maximum atomic E-state index is 13.2. The third-order valence-corrected chi connectivity index (χ3v) is 5.28. The van der Waals surface area contributed by atoms with E-state index in [4.69, 9.17) is 11.6 Å². The first-order chi connectivity index (χ1) is 15.2. The van der Waals surface area contributed by atoms with E-state index in [9.17, 15) is 9.59 Å². The van der Waals surface area contributed by atoms with Gasteiger partial charge in [-0.2, -0.15) is 0 Å². The number of aromatic nitrogens is 2. The van der Waals surface area contributed by atoms with Crippen LogP contribution in [0.5, 0.6) is 0 Å². The smallest absolute Gasteiger partial charge is 0.251 e. The van der Waals surface area contributed by atoms with Crippen LogP contribution in [-0.2, 0) is 17.9 Å². The van der Waals surface area contributed by atoms with E-state index in [0.29, 0.717) is 41.3 Å². The van der Waals surface area contributed by atoms with Gasteiger partial charge < -0.3 is 14.8 Å². The molecular formula is C25H31ClN4O2. The van der Waals surface area contributed by atoms with Gasteiger partial charge in [-0.05, 0) is 42.2 Å². The molecule has 32 heavy (non-hydrogen) atoms. The molecule has 2 aromatic carbocycles. The summed E-state index contributed by atoms with van der Waals surface area (Å²) in [6, 6.07) is 14.5. The van der Waals surface area contributed by atoms with Crippen molar-refractivity contribution in [2.24, 2.45) is 11.8 Å². The first-order valence-electron chi connectivity index (χ1n) is 11.0. The number of amides is 2. The Balaban J connectivity index is 1.83. The molecule has 0 radical (unpaired) electrons. The summed E-state index contributed by atoms with van der Waals surface area (Å²) in [5, 5.41) is 3.41. The van der Waals surface area contributed by atoms with Crippen LogP contribution in [0, 0.1) is 11.8 Å². The molecule has 3 rings (SSSR count). The molecule has 0 aliphatic carbocycles. The van der Waals surface area contributed by atoms with Crippen LogP contribution >= 0.6 is 11.6 Å². The molecule has 0 bridgehead atoms. The van der Waals surface area contributed by atoms with Crippen molar-refractivity contribution in [2.75, 3.05) is 13.1 Å². The molecular weight excluding hydrogens is 424 g/mol. The highest BCUT2D eigenvalue weighted by Crippen LogP contribution is 2.18. The normalized spacial score (nSPS) is 11.3. The zero-order valence-electron chi connectivity index (χ0n) is 19.1. The highest BCUT2D eigenvalue weighted by atomic mass is 35.5. The van der Waals surface area contributed by atoms with Crippen LogP contribution in [0.4, 0.5) is 0 Å². The van der Waals surface area contributed by atoms with E-state index in [1.165, 1.54) is 0 Å². The van der Waals surface area contributed by atoms with Gasteiger partial charge in [0, 0.05) is 23.7 Å². The number of benzene rings is 2. The number of carbonyl (C=O) groups excluding carboxylic acids is 2. The summed E-state index contributed by atoms with van der Waals surface area (Å²) in [4.78, 5) is 32.4. The van der Waals surface area contributed by atoms with Crippen LogP contribution in [0.25, 0.3) is 11.0 Å². The number of para-hydroxylation sites is 2. The average molecular weight is 455 g/mol. The monoisotopic (exact) mass is 454 g/mol. The summed E-state index contributed by atoms with van der Waals surface area (Å²) in [5.74, 6) is 1.22. The van der Waals surface area contributed by atoms with E-state index in [1.54, 1.807) is 24.3 Å². The summed E-state index contributed by atoms with van der Waals surface area (Å²) < 4.78 is 1.91. The minimum Gasteiger partial charge on any atom is -0.345 e. The van der Waals surface area contributed by atoms with Gasteiger partial charge in [0.25, 0.3) is 5.91 Å². The first-order valence-corrected chi connectivity index (χ1v) is 11.4. The fourth-order valence-electron chi connectivity index (χ4n) is 3.72. The topological polar surface area (TPSA) is 67.2 Å². The van der Waals surface area contributed by atoms with Crippen LogP contribution in [0.15, 0.2) is 48.5 Å². The number of rotatable bonds is 9. The fourth-order valence-corrected chi connectivity index (χ4v) is 3.91. The van der Waals surface area contributed by atoms with Gasteiger partial charge in [-0.25, -0.2) is 4.98 Å². The molecule has 0 spiro atoms. The van der Waals surface area contributed by atoms with Crippen molar-refractivity contribution in [3.63, 3.8) is 0 Å². The third-order valence-electron chi connectivity index (χ3n) is 5.04. The Morgan fingerprint density at radius 1 is 1.03 bits per heavy atom. The molecule has 0 saturated carbocycles. The van der Waals surface area contributed by atoms with E-state index < -0.39 is 0 Å². The maximum absolute atomic E-state index is 13.2. The van der Waals surface area contributed by atoms with Crippen molar-refractivity contribution in [1.82, 2.24) is 19.8 Å². The number of fused-ring (bicyclic) bond motifs is 1. The summed E-state index contributed by atoms with van der Waals surface area (Å²) in [5.41, 5.74) is 2.16. The van der Waals surface area contributed by atoms with Crippen LogP contribution < -0.4 is 5.32 Å². The molecule has 6 nitrogen and oxygen atoms in total. The number of halogens is 1. The predicted molar refractivity (Wildman–Crippen MR) is 129 cm³/mol. The lowest BCUT2D eigenvalue weighted by Crippen LogP contribution is -2.39. The van der Waals surface area contributed by atoms with Crippen molar-refractivity contribution in [3.8, 4) is 0 Å². The number of carbonyl (C=O) groups is 2. The molecule has 7 heteroatoms. The fraction of sp³-hybridized carbons (Fsp3) is 0.400. The van der Waals surface area contributed by atoms with E-state index in [-0.39, 0.29) is 24.9 Å². The molecule has 0 saturated heterocycles. The van der Waals surface area contributed by atoms with E-state index in [0.717, 1.165) is 11.0 Å². The van der Waals surface area contributed by atoms with Crippen molar-refractivity contribution < 1.29 is 9.59 Å². The maximum Gasteiger partial charge on any atom is 0.251 e. The van der Waals surface area contributed by atoms with Crippen molar-refractivity contribution in [1.29, 1.82) is 0 Å². The van der Waals surface area contributed by atoms with E-state index >= 15 is 0 Å². The van der Waals surface area contributed by atoms with Crippen LogP contribution in [0.1, 0.15) is 43.9 Å². The standard InChI is InChI=1S/C25H31ClN4O2/c1-17(2)14-29(15-18(3)4)24(31)16-30-22-11-6-5-10-21(22)28-23(30)13-27-25(32)19-8-7-9-20(26)12-19/h5-12,17-18H,13-16H2,1-4H3,(H,27,32). The molecule has 1 aromatic heterocycles. The van der Waals surface area contributed by atoms with Crippen LogP contribution in [0.2, 0.25) is 5.02 Å². The number of nitrogens with zero attached hydrogens (tertiary/aromatic N) is 3. The van der Waals surface area contributed by atoms with Crippen LogP contribution in [-0.4, -0.2) is 39.4 Å². The molecule has 0 aliphatic heterocycles. The number of hydrogen-bond donors (Lipinski definition) is 1. The minimum absolute atomic E-state index is 0.0537. The number of nitrogens with one attached hydrogen (secondary N) is 1. The lowest BCUT2D eigenvalue weighted by Gasteiger charge is -2.27. The van der Waals surface area contributed by atoms with Crippen molar-refractivity contribution in [3.05, 3.63) is 64.9 Å². The molecule has 0 unspecified atom stereocenters. The Bertz CT molecular complexity index is 1080. The largest absolute Gasteiger partial charge is 0.345 e.